The van der Waals surface area contributed by atoms with E-state index in [9.17, 15) is 18.8 Å². The Kier molecular flexibility index (Phi) is 6.60. The molecule has 3 heterocycles. The topological polar surface area (TPSA) is 94.6 Å². The summed E-state index contributed by atoms with van der Waals surface area (Å²) in [7, 11) is 0. The number of hydrogen-bond acceptors (Lipinski definition) is 8. The lowest BCUT2D eigenvalue weighted by atomic mass is 9.89. The van der Waals surface area contributed by atoms with E-state index in [0.717, 1.165) is 23.5 Å². The van der Waals surface area contributed by atoms with E-state index in [1.807, 2.05) is 30.3 Å². The SMILES string of the molecule is O=C1/C=C/C(=O)ON2C(=O)OC3(CCN(CCC(Oc4ccccc4)c4ccc(F)cc4)CC3)C2O1. The van der Waals surface area contributed by atoms with Gasteiger partial charge in [0.05, 0.1) is 0 Å². The zero-order valence-electron chi connectivity index (χ0n) is 19.4. The standard InChI is InChI=1S/C26H25FN2O7/c27-19-8-6-18(7-9-19)21(33-20-4-2-1-3-5-20)12-15-28-16-13-26(14-17-28)24-29(25(32)35-26)36-23(31)11-10-22(30)34-24/h1-11,21,24H,12-17H2/b11-10+. The van der Waals surface area contributed by atoms with Crippen LogP contribution in [0.25, 0.3) is 0 Å². The van der Waals surface area contributed by atoms with E-state index in [0.29, 0.717) is 44.0 Å². The average molecular weight is 496 g/mol. The Labute approximate surface area is 206 Å². The lowest BCUT2D eigenvalue weighted by Gasteiger charge is -2.40. The number of amides is 1. The normalized spacial score (nSPS) is 23.1. The van der Waals surface area contributed by atoms with E-state index in [1.54, 1.807) is 12.1 Å². The summed E-state index contributed by atoms with van der Waals surface area (Å²) in [6.45, 7) is 1.78. The Balaban J connectivity index is 1.24. The van der Waals surface area contributed by atoms with Crippen molar-refractivity contribution in [1.82, 2.24) is 9.96 Å². The highest BCUT2D eigenvalue weighted by Gasteiger charge is 2.59. The molecule has 5 rings (SSSR count). The number of rotatable bonds is 6. The predicted molar refractivity (Wildman–Crippen MR) is 123 cm³/mol. The smallest absolute Gasteiger partial charge is 0.447 e. The van der Waals surface area contributed by atoms with Gasteiger partial charge in [0.1, 0.15) is 17.7 Å². The molecule has 2 atom stereocenters. The molecule has 2 unspecified atom stereocenters. The van der Waals surface area contributed by atoms with Gasteiger partial charge in [-0.25, -0.2) is 18.8 Å². The molecule has 1 amide bonds. The van der Waals surface area contributed by atoms with Crippen LogP contribution >= 0.6 is 0 Å². The number of fused-ring (bicyclic) bond motifs is 2. The van der Waals surface area contributed by atoms with Crippen LogP contribution in [0.5, 0.6) is 5.75 Å². The van der Waals surface area contributed by atoms with Crippen LogP contribution in [0.4, 0.5) is 9.18 Å². The molecule has 2 saturated heterocycles. The molecule has 0 radical (unpaired) electrons. The van der Waals surface area contributed by atoms with Crippen molar-refractivity contribution in [2.24, 2.45) is 0 Å². The number of ether oxygens (including phenoxy) is 3. The Morgan fingerprint density at radius 3 is 2.39 bits per heavy atom. The summed E-state index contributed by atoms with van der Waals surface area (Å²) in [6, 6.07) is 15.7. The van der Waals surface area contributed by atoms with Crippen molar-refractivity contribution in [1.29, 1.82) is 0 Å². The van der Waals surface area contributed by atoms with Gasteiger partial charge < -0.3 is 23.9 Å². The third kappa shape index (κ3) is 5.03. The summed E-state index contributed by atoms with van der Waals surface area (Å²) in [5, 5.41) is 0.706. The molecular weight excluding hydrogens is 471 g/mol. The number of para-hydroxylation sites is 1. The molecule has 3 aliphatic heterocycles. The van der Waals surface area contributed by atoms with E-state index in [2.05, 4.69) is 4.90 Å². The molecule has 36 heavy (non-hydrogen) atoms. The summed E-state index contributed by atoms with van der Waals surface area (Å²) in [5.41, 5.74) is -0.239. The van der Waals surface area contributed by atoms with Gasteiger partial charge in [0.2, 0.25) is 0 Å². The fraction of sp³-hybridized carbons (Fsp3) is 0.346. The molecule has 2 aromatic rings. The van der Waals surface area contributed by atoms with Crippen LogP contribution in [0.3, 0.4) is 0 Å². The molecule has 0 bridgehead atoms. The molecule has 0 saturated carbocycles. The van der Waals surface area contributed by atoms with Gasteiger partial charge in [-0.1, -0.05) is 35.4 Å². The first-order chi connectivity index (χ1) is 17.4. The molecule has 0 aliphatic carbocycles. The second kappa shape index (κ2) is 9.98. The van der Waals surface area contributed by atoms with Crippen LogP contribution in [0, 0.1) is 5.82 Å². The number of benzene rings is 2. The van der Waals surface area contributed by atoms with Crippen molar-refractivity contribution in [3.8, 4) is 5.75 Å². The maximum Gasteiger partial charge on any atom is 0.447 e. The Morgan fingerprint density at radius 2 is 1.67 bits per heavy atom. The third-order valence-corrected chi connectivity index (χ3v) is 6.58. The zero-order valence-corrected chi connectivity index (χ0v) is 19.4. The molecule has 188 valence electrons. The Hall–Kier alpha value is -3.92. The number of hydroxylamine groups is 2. The van der Waals surface area contributed by atoms with E-state index >= 15 is 0 Å². The number of nitrogens with zero attached hydrogens (tertiary/aromatic N) is 2. The van der Waals surface area contributed by atoms with Crippen LogP contribution in [-0.2, 0) is 23.9 Å². The average Bonchev–Trinajstić information content (AvgIpc) is 3.11. The van der Waals surface area contributed by atoms with Crippen LogP contribution in [0.2, 0.25) is 0 Å². The minimum Gasteiger partial charge on any atom is -0.486 e. The summed E-state index contributed by atoms with van der Waals surface area (Å²) in [4.78, 5) is 43.5. The number of esters is 1. The van der Waals surface area contributed by atoms with Crippen LogP contribution in [0.15, 0.2) is 66.7 Å². The van der Waals surface area contributed by atoms with Crippen LogP contribution in [0.1, 0.15) is 30.9 Å². The van der Waals surface area contributed by atoms with E-state index in [4.69, 9.17) is 19.0 Å². The quantitative estimate of drug-likeness (QED) is 0.561. The first-order valence-corrected chi connectivity index (χ1v) is 11.7. The maximum absolute atomic E-state index is 13.5. The molecule has 9 nitrogen and oxygen atoms in total. The van der Waals surface area contributed by atoms with Gasteiger partial charge in [0, 0.05) is 51.0 Å². The van der Waals surface area contributed by atoms with E-state index in [-0.39, 0.29) is 11.9 Å². The van der Waals surface area contributed by atoms with E-state index in [1.165, 1.54) is 12.1 Å². The Morgan fingerprint density at radius 1 is 0.972 bits per heavy atom. The third-order valence-electron chi connectivity index (χ3n) is 6.58. The minimum absolute atomic E-state index is 0.290. The van der Waals surface area contributed by atoms with Gasteiger partial charge in [0.25, 0.3) is 6.23 Å². The lowest BCUT2D eigenvalue weighted by Crippen LogP contribution is -2.54. The number of likely N-dealkylation sites (tertiary alicyclic amines) is 1. The summed E-state index contributed by atoms with van der Waals surface area (Å²) in [5.74, 6) is -1.19. The van der Waals surface area contributed by atoms with Crippen molar-refractivity contribution >= 4 is 18.0 Å². The molecule has 10 heteroatoms. The van der Waals surface area contributed by atoms with Crippen molar-refractivity contribution in [3.05, 3.63) is 78.1 Å². The molecule has 0 aromatic heterocycles. The molecule has 2 aromatic carbocycles. The van der Waals surface area contributed by atoms with Gasteiger partial charge in [-0.05, 0) is 29.8 Å². The first kappa shape index (κ1) is 23.8. The van der Waals surface area contributed by atoms with Gasteiger partial charge in [-0.2, -0.15) is 0 Å². The van der Waals surface area contributed by atoms with E-state index < -0.39 is 29.9 Å². The second-order valence-corrected chi connectivity index (χ2v) is 8.89. The number of carbonyl (C=O) groups excluding carboxylic acids is 3. The second-order valence-electron chi connectivity index (χ2n) is 8.89. The number of halogens is 1. The summed E-state index contributed by atoms with van der Waals surface area (Å²) < 4.78 is 30.7. The highest BCUT2D eigenvalue weighted by molar-refractivity contribution is 5.93. The van der Waals surface area contributed by atoms with Crippen molar-refractivity contribution in [2.45, 2.75) is 37.2 Å². The minimum atomic E-state index is -1.15. The zero-order chi connectivity index (χ0) is 25.1. The van der Waals surface area contributed by atoms with Gasteiger partial charge in [-0.15, -0.1) is 0 Å². The predicted octanol–water partition coefficient (Wildman–Crippen LogP) is 3.52. The van der Waals surface area contributed by atoms with Crippen molar-refractivity contribution in [2.75, 3.05) is 19.6 Å². The number of carbonyl (C=O) groups is 3. The van der Waals surface area contributed by atoms with Crippen molar-refractivity contribution in [3.63, 3.8) is 0 Å². The largest absolute Gasteiger partial charge is 0.486 e. The first-order valence-electron chi connectivity index (χ1n) is 11.7. The maximum atomic E-state index is 13.5. The number of piperidine rings is 1. The summed E-state index contributed by atoms with van der Waals surface area (Å²) >= 11 is 0. The molecular formula is C26H25FN2O7. The number of hydrogen-bond donors (Lipinski definition) is 0. The highest BCUT2D eigenvalue weighted by Crippen LogP contribution is 2.40. The molecule has 3 aliphatic rings. The van der Waals surface area contributed by atoms with Crippen LogP contribution in [-0.4, -0.2) is 59.5 Å². The van der Waals surface area contributed by atoms with Crippen molar-refractivity contribution < 1.29 is 37.8 Å². The molecule has 2 fully saturated rings. The fourth-order valence-corrected chi connectivity index (χ4v) is 4.67. The van der Waals surface area contributed by atoms with Gasteiger partial charge in [0.15, 0.2) is 5.60 Å². The Bertz CT molecular complexity index is 1150. The highest BCUT2D eigenvalue weighted by atomic mass is 19.1. The fourth-order valence-electron chi connectivity index (χ4n) is 4.67. The van der Waals surface area contributed by atoms with Crippen LogP contribution < -0.4 is 4.74 Å². The lowest BCUT2D eigenvalue weighted by molar-refractivity contribution is -0.222. The van der Waals surface area contributed by atoms with Gasteiger partial charge in [-0.3, -0.25) is 0 Å². The summed E-state index contributed by atoms with van der Waals surface area (Å²) in [6.07, 6.45) is 0.966. The van der Waals surface area contributed by atoms with Gasteiger partial charge >= 0.3 is 18.0 Å². The molecule has 1 spiro atoms. The monoisotopic (exact) mass is 496 g/mol. The molecule has 0 N–H and O–H groups in total.